The van der Waals surface area contributed by atoms with Gasteiger partial charge in [-0.2, -0.15) is 0 Å². The first-order valence-electron chi connectivity index (χ1n) is 5.83. The molecule has 2 aromatic rings. The van der Waals surface area contributed by atoms with E-state index in [0.717, 1.165) is 18.6 Å². The van der Waals surface area contributed by atoms with Crippen molar-refractivity contribution in [2.45, 2.75) is 33.6 Å². The lowest BCUT2D eigenvalue weighted by molar-refractivity contribution is 0.521. The van der Waals surface area contributed by atoms with Crippen LogP contribution < -0.4 is 5.73 Å². The Morgan fingerprint density at radius 2 is 1.76 bits per heavy atom. The Labute approximate surface area is 102 Å². The van der Waals surface area contributed by atoms with Crippen LogP contribution in [-0.2, 0) is 12.8 Å². The second kappa shape index (κ2) is 4.62. The number of rotatable bonds is 3. The first-order valence-corrected chi connectivity index (χ1v) is 5.83. The molecule has 1 heterocycles. The third-order valence-electron chi connectivity index (χ3n) is 3.03. The molecule has 1 aromatic carbocycles. The van der Waals surface area contributed by atoms with E-state index in [4.69, 9.17) is 10.2 Å². The number of aryl methyl sites for hydroxylation is 4. The van der Waals surface area contributed by atoms with E-state index in [-0.39, 0.29) is 6.01 Å². The number of oxazole rings is 1. The minimum absolute atomic E-state index is 0.248. The number of nitrogens with two attached hydrogens (primary N) is 1. The van der Waals surface area contributed by atoms with Gasteiger partial charge in [-0.1, -0.05) is 17.7 Å². The number of nitrogens with zero attached hydrogens (tertiary/aromatic N) is 1. The smallest absolute Gasteiger partial charge is 0.292 e. The Hall–Kier alpha value is -1.77. The van der Waals surface area contributed by atoms with Gasteiger partial charge >= 0.3 is 0 Å². The Bertz CT molecular complexity index is 506. The van der Waals surface area contributed by atoms with Crippen molar-refractivity contribution in [1.82, 2.24) is 4.98 Å². The van der Waals surface area contributed by atoms with Gasteiger partial charge in [0.05, 0.1) is 6.20 Å². The second-order valence-corrected chi connectivity index (χ2v) is 4.54. The molecule has 3 heteroatoms. The van der Waals surface area contributed by atoms with Crippen molar-refractivity contribution in [1.29, 1.82) is 0 Å². The molecule has 0 amide bonds. The van der Waals surface area contributed by atoms with Crippen molar-refractivity contribution in [2.24, 2.45) is 0 Å². The Kier molecular flexibility index (Phi) is 3.18. The van der Waals surface area contributed by atoms with E-state index < -0.39 is 0 Å². The fourth-order valence-electron chi connectivity index (χ4n) is 2.29. The molecule has 1 aromatic heterocycles. The van der Waals surface area contributed by atoms with Gasteiger partial charge < -0.3 is 10.2 Å². The van der Waals surface area contributed by atoms with Gasteiger partial charge in [-0.05, 0) is 43.9 Å². The number of nitrogen functional groups attached to an aromatic ring is 1. The van der Waals surface area contributed by atoms with E-state index in [9.17, 15) is 0 Å². The van der Waals surface area contributed by atoms with Crippen LogP contribution in [-0.4, -0.2) is 4.98 Å². The maximum absolute atomic E-state index is 5.45. The van der Waals surface area contributed by atoms with Crippen LogP contribution in [0.2, 0.25) is 0 Å². The molecular weight excluding hydrogens is 212 g/mol. The molecule has 0 spiro atoms. The van der Waals surface area contributed by atoms with Crippen LogP contribution in [0, 0.1) is 20.8 Å². The molecule has 3 nitrogen and oxygen atoms in total. The maximum atomic E-state index is 5.45. The van der Waals surface area contributed by atoms with E-state index in [2.05, 4.69) is 37.9 Å². The largest absolute Gasteiger partial charge is 0.429 e. The lowest BCUT2D eigenvalue weighted by atomic mass is 9.96. The number of hydrogen-bond donors (Lipinski definition) is 1. The Morgan fingerprint density at radius 1 is 1.12 bits per heavy atom. The van der Waals surface area contributed by atoms with Gasteiger partial charge in [0, 0.05) is 6.42 Å². The van der Waals surface area contributed by atoms with E-state index in [1.165, 1.54) is 22.3 Å². The van der Waals surface area contributed by atoms with Crippen LogP contribution in [0.5, 0.6) is 0 Å². The number of hydrogen-bond acceptors (Lipinski definition) is 3. The number of anilines is 1. The summed E-state index contributed by atoms with van der Waals surface area (Å²) in [6.45, 7) is 6.44. The standard InChI is InChI=1S/C14H18N2O/c1-9-6-10(2)13(11(3)7-9)5-4-12-8-16-14(15)17-12/h6-8H,4-5H2,1-3H3,(H2,15,16). The molecule has 2 N–H and O–H groups in total. The van der Waals surface area contributed by atoms with Gasteiger partial charge in [0.2, 0.25) is 0 Å². The summed E-state index contributed by atoms with van der Waals surface area (Å²) in [5.41, 5.74) is 10.8. The lowest BCUT2D eigenvalue weighted by Gasteiger charge is -2.10. The van der Waals surface area contributed by atoms with E-state index >= 15 is 0 Å². The van der Waals surface area contributed by atoms with Crippen LogP contribution >= 0.6 is 0 Å². The van der Waals surface area contributed by atoms with Crippen LogP contribution in [0.4, 0.5) is 6.01 Å². The molecule has 2 rings (SSSR count). The van der Waals surface area contributed by atoms with E-state index in [1.807, 2.05) is 0 Å². The quantitative estimate of drug-likeness (QED) is 0.882. The summed E-state index contributed by atoms with van der Waals surface area (Å²) >= 11 is 0. The second-order valence-electron chi connectivity index (χ2n) is 4.54. The van der Waals surface area contributed by atoms with Gasteiger partial charge in [0.15, 0.2) is 0 Å². The van der Waals surface area contributed by atoms with Crippen LogP contribution in [0.25, 0.3) is 0 Å². The van der Waals surface area contributed by atoms with E-state index in [1.54, 1.807) is 6.20 Å². The van der Waals surface area contributed by atoms with Crippen LogP contribution in [0.3, 0.4) is 0 Å². The van der Waals surface area contributed by atoms with E-state index in [0.29, 0.717) is 0 Å². The minimum atomic E-state index is 0.248. The molecule has 0 saturated heterocycles. The summed E-state index contributed by atoms with van der Waals surface area (Å²) in [6, 6.07) is 4.69. The molecule has 0 fully saturated rings. The summed E-state index contributed by atoms with van der Waals surface area (Å²) in [5, 5.41) is 0. The van der Waals surface area contributed by atoms with Crippen LogP contribution in [0.1, 0.15) is 28.0 Å². The maximum Gasteiger partial charge on any atom is 0.292 e. The molecule has 0 unspecified atom stereocenters. The Morgan fingerprint density at radius 3 is 2.29 bits per heavy atom. The average Bonchev–Trinajstić information content (AvgIpc) is 2.62. The predicted octanol–water partition coefficient (Wildman–Crippen LogP) is 2.97. The lowest BCUT2D eigenvalue weighted by Crippen LogP contribution is -1.97. The average molecular weight is 230 g/mol. The summed E-state index contributed by atoms with van der Waals surface area (Å²) < 4.78 is 5.28. The third kappa shape index (κ3) is 2.67. The van der Waals surface area contributed by atoms with Gasteiger partial charge in [0.1, 0.15) is 5.76 Å². The highest BCUT2D eigenvalue weighted by molar-refractivity contribution is 5.37. The molecule has 0 saturated carbocycles. The zero-order valence-corrected chi connectivity index (χ0v) is 10.6. The zero-order valence-electron chi connectivity index (χ0n) is 10.6. The summed E-state index contributed by atoms with van der Waals surface area (Å²) in [5.74, 6) is 0.849. The fraction of sp³-hybridized carbons (Fsp3) is 0.357. The van der Waals surface area contributed by atoms with Crippen molar-refractivity contribution >= 4 is 6.01 Å². The molecule has 0 bridgehead atoms. The first kappa shape index (κ1) is 11.7. The van der Waals surface area contributed by atoms with Gasteiger partial charge in [-0.15, -0.1) is 0 Å². The summed E-state index contributed by atoms with van der Waals surface area (Å²) in [6.07, 6.45) is 3.51. The van der Waals surface area contributed by atoms with Crippen molar-refractivity contribution in [3.8, 4) is 0 Å². The topological polar surface area (TPSA) is 52.0 Å². The zero-order chi connectivity index (χ0) is 12.4. The normalized spacial score (nSPS) is 10.8. The molecule has 0 aliphatic heterocycles. The van der Waals surface area contributed by atoms with Crippen molar-refractivity contribution < 1.29 is 4.42 Å². The van der Waals surface area contributed by atoms with Gasteiger partial charge in [-0.25, -0.2) is 4.98 Å². The number of benzene rings is 1. The van der Waals surface area contributed by atoms with Gasteiger partial charge in [0.25, 0.3) is 6.01 Å². The molecule has 0 aliphatic rings. The summed E-state index contributed by atoms with van der Waals surface area (Å²) in [7, 11) is 0. The van der Waals surface area contributed by atoms with Crippen molar-refractivity contribution in [2.75, 3.05) is 5.73 Å². The highest BCUT2D eigenvalue weighted by Gasteiger charge is 2.06. The SMILES string of the molecule is Cc1cc(C)c(CCc2cnc(N)o2)c(C)c1. The molecule has 0 atom stereocenters. The molecule has 17 heavy (non-hydrogen) atoms. The van der Waals surface area contributed by atoms with Crippen molar-refractivity contribution in [3.63, 3.8) is 0 Å². The molecule has 0 radical (unpaired) electrons. The van der Waals surface area contributed by atoms with Crippen molar-refractivity contribution in [3.05, 3.63) is 46.3 Å². The molecule has 0 aliphatic carbocycles. The van der Waals surface area contributed by atoms with Crippen LogP contribution in [0.15, 0.2) is 22.7 Å². The Balaban J connectivity index is 2.14. The highest BCUT2D eigenvalue weighted by Crippen LogP contribution is 2.19. The highest BCUT2D eigenvalue weighted by atomic mass is 16.4. The predicted molar refractivity (Wildman–Crippen MR) is 69.0 cm³/mol. The first-order chi connectivity index (χ1) is 8.06. The number of aromatic nitrogens is 1. The fourth-order valence-corrected chi connectivity index (χ4v) is 2.29. The monoisotopic (exact) mass is 230 g/mol. The molecule has 90 valence electrons. The van der Waals surface area contributed by atoms with Gasteiger partial charge in [-0.3, -0.25) is 0 Å². The minimum Gasteiger partial charge on any atom is -0.429 e. The summed E-state index contributed by atoms with van der Waals surface area (Å²) in [4.78, 5) is 3.90. The molecular formula is C14H18N2O. The third-order valence-corrected chi connectivity index (χ3v) is 3.03.